The molecule has 4 rings (SSSR count). The zero-order valence-corrected chi connectivity index (χ0v) is 48.2. The van der Waals surface area contributed by atoms with Crippen LogP contribution >= 0.6 is 0 Å². The summed E-state index contributed by atoms with van der Waals surface area (Å²) in [5, 5.41) is 87.8. The van der Waals surface area contributed by atoms with Crippen LogP contribution < -0.4 is 10.2 Å². The van der Waals surface area contributed by atoms with Gasteiger partial charge in [-0.15, -0.1) is 0 Å². The molecule has 48 nitrogen and oxygen atoms in total. The van der Waals surface area contributed by atoms with E-state index in [0.29, 0.717) is 24.3 Å². The predicted octanol–water partition coefficient (Wildman–Crippen LogP) is -21.2. The van der Waals surface area contributed by atoms with E-state index >= 15 is 0 Å². The van der Waals surface area contributed by atoms with Crippen LogP contribution in [0.15, 0.2) is 92.4 Å². The minimum atomic E-state index is -4.77. The zero-order valence-electron chi connectivity index (χ0n) is 40.9. The molecular weight excluding hydrogens is 1580 g/mol. The van der Waals surface area contributed by atoms with E-state index in [0.717, 1.165) is 48.5 Å². The molecule has 0 heterocycles. The van der Waals surface area contributed by atoms with Gasteiger partial charge in [0, 0.05) is 0 Å². The van der Waals surface area contributed by atoms with Crippen molar-refractivity contribution in [2.75, 3.05) is 0 Å². The Bertz CT molecular complexity index is 2500. The van der Waals surface area contributed by atoms with Gasteiger partial charge in [-0.25, -0.2) is 52.8 Å². The molecule has 0 aliphatic rings. The number of phenolic OH excluding ortho intramolecular Hbond substituents is 4. The summed E-state index contributed by atoms with van der Waals surface area (Å²) in [7, 11) is -19.1. The third-order valence-electron chi connectivity index (χ3n) is 6.07. The molecule has 4 aromatic rings. The number of hydrogen-bond acceptors (Lipinski definition) is 24. The van der Waals surface area contributed by atoms with Gasteiger partial charge >= 0.3 is 100 Å². The van der Waals surface area contributed by atoms with Crippen LogP contribution in [0.5, 0.6) is 23.0 Å². The van der Waals surface area contributed by atoms with Crippen LogP contribution in [0.3, 0.4) is 0 Å². The fourth-order valence-electron chi connectivity index (χ4n) is 3.45. The minimum Gasteiger partial charge on any atom is -0.744 e. The molecule has 0 aliphatic heterocycles. The second-order valence-corrected chi connectivity index (χ2v) is 15.7. The first-order valence-corrected chi connectivity index (χ1v) is 20.1. The number of hydrogen-bond donors (Lipinski definition) is 8. The van der Waals surface area contributed by atoms with Gasteiger partial charge in [-0.1, -0.05) is 0 Å². The quantitative estimate of drug-likeness (QED) is 0.0461. The van der Waals surface area contributed by atoms with E-state index < -0.39 is 119 Å². The third-order valence-corrected chi connectivity index (χ3v) is 9.60. The Hall–Kier alpha value is -5.71. The molecule has 4 aromatic carbocycles. The van der Waals surface area contributed by atoms with Crippen molar-refractivity contribution in [3.63, 3.8) is 0 Å². The van der Waals surface area contributed by atoms with E-state index in [-0.39, 0.29) is 208 Å². The van der Waals surface area contributed by atoms with Crippen molar-refractivity contribution < 1.29 is 318 Å². The SMILES string of the molecule is O.O.O.O.O.O.O.O.O=C(O)c1ccc(S(=O)(=O)[O-])c(O)c1.O=C(O)c1ccc(S(=O)(=O)[O-])c(O)c1.O=C(O)c1ccc(S(=O)(=O)[O-])c(O)c1.O=C(O)c1ccc(S(=O)(=O)[O-])c(O)c1.O=C([O-])C(=O)[O-].[Dy+3].[Dy+3].[OH3+].[OH3+].[OH3+].[OH3+].[OH3+].[OH3+].[OH3+].[OH3+].[OH3+].[OH3+].[OH3+].[OH3+]. The standard InChI is InChI=1S/4C7H6O6S.C2H2O4.2Dy.20H2O/c4*8-5-3-4(7(9)10)1-2-6(5)14(11,12)13;3-1(4)2(5)6;;;;;;;;;;;;;;;;;;;;;;/h4*1-3,8H,(H,9,10)(H,11,12,13);(H,3,4)(H,5,6);;;20*1H2/q;;;;;2*+3;;;;;;;;;;;;;;;;;;;;/p+6. The summed E-state index contributed by atoms with van der Waals surface area (Å²) in [4.78, 5) is 56.0. The van der Waals surface area contributed by atoms with Crippen molar-refractivity contribution >= 4 is 76.3 Å². The maximum Gasteiger partial charge on any atom is 3.00 e. The van der Waals surface area contributed by atoms with Crippen LogP contribution in [0.1, 0.15) is 41.4 Å². The smallest absolute Gasteiger partial charge is 0.744 e. The van der Waals surface area contributed by atoms with E-state index in [2.05, 4.69) is 0 Å². The summed E-state index contributed by atoms with van der Waals surface area (Å²) in [6.45, 7) is 0. The Morgan fingerprint density at radius 2 is 0.393 bits per heavy atom. The average molecular weight is 1650 g/mol. The molecule has 0 amide bonds. The summed E-state index contributed by atoms with van der Waals surface area (Å²) < 4.78 is 126. The Labute approximate surface area is 527 Å². The van der Waals surface area contributed by atoms with Crippen LogP contribution in [0.2, 0.25) is 0 Å². The molecule has 0 spiro atoms. The van der Waals surface area contributed by atoms with Crippen LogP contribution in [0.25, 0.3) is 0 Å². The number of carboxylic acid groups (broad SMARTS) is 6. The van der Waals surface area contributed by atoms with Crippen LogP contribution in [-0.4, -0.2) is 172 Å². The van der Waals surface area contributed by atoms with E-state index in [1.807, 2.05) is 0 Å². The second kappa shape index (κ2) is 63.3. The topological polar surface area (TPSA) is 1190 Å². The number of benzene rings is 4. The fourth-order valence-corrected chi connectivity index (χ4v) is 5.65. The van der Waals surface area contributed by atoms with Gasteiger partial charge in [-0.3, -0.25) is 0 Å². The van der Waals surface area contributed by atoms with Gasteiger partial charge in [0.1, 0.15) is 63.5 Å². The van der Waals surface area contributed by atoms with E-state index in [1.54, 1.807) is 0 Å². The number of carboxylic acids is 6. The molecule has 54 heteroatoms. The molecule has 0 fully saturated rings. The van der Waals surface area contributed by atoms with Gasteiger partial charge in [0.15, 0.2) is 0 Å². The Kier molecular flexibility index (Phi) is 115. The summed E-state index contributed by atoms with van der Waals surface area (Å²) >= 11 is 0. The first kappa shape index (κ1) is 153. The average Bonchev–Trinajstić information content (AvgIpc) is 3.10. The molecule has 60 N–H and O–H groups in total. The normalized spacial score (nSPS) is 8.00. The number of aromatic hydroxyl groups is 4. The van der Waals surface area contributed by atoms with Gasteiger partial charge in [0.2, 0.25) is 0 Å². The summed E-state index contributed by atoms with van der Waals surface area (Å²) in [6.07, 6.45) is 0. The van der Waals surface area contributed by atoms with Gasteiger partial charge in [0.05, 0.1) is 53.8 Å². The maximum atomic E-state index is 10.5. The zero-order chi connectivity index (χ0) is 48.9. The molecule has 0 atom stereocenters. The maximum absolute atomic E-state index is 10.5. The van der Waals surface area contributed by atoms with Crippen LogP contribution in [0.4, 0.5) is 0 Å². The molecule has 0 aromatic heterocycles. The van der Waals surface area contributed by atoms with Gasteiger partial charge in [0.25, 0.3) is 0 Å². The first-order valence-electron chi connectivity index (χ1n) is 14.4. The Balaban J connectivity index is -0.0000000251. The molecule has 2 radical (unpaired) electrons. The number of phenols is 4. The van der Waals surface area contributed by atoms with Crippen molar-refractivity contribution in [1.29, 1.82) is 0 Å². The molecule has 0 aliphatic carbocycles. The van der Waals surface area contributed by atoms with Crippen molar-refractivity contribution in [2.24, 2.45) is 0 Å². The van der Waals surface area contributed by atoms with Crippen LogP contribution in [0, 0.1) is 76.3 Å². The molecule has 0 bridgehead atoms. The second-order valence-electron chi connectivity index (χ2n) is 10.3. The molecular formula is C30H72Dy2O48S4+12. The monoisotopic (exact) mass is 1660 g/mol. The minimum absolute atomic E-state index is 0. The Morgan fingerprint density at radius 3 is 0.452 bits per heavy atom. The van der Waals surface area contributed by atoms with Crippen molar-refractivity contribution in [1.82, 2.24) is 0 Å². The van der Waals surface area contributed by atoms with E-state index in [4.69, 9.17) is 60.7 Å². The number of rotatable bonds is 8. The largest absolute Gasteiger partial charge is 3.00 e. The summed E-state index contributed by atoms with van der Waals surface area (Å²) in [6, 6.07) is 9.50. The first-order chi connectivity index (χ1) is 27.9. The van der Waals surface area contributed by atoms with Crippen molar-refractivity contribution in [3.8, 4) is 23.0 Å². The molecule has 512 valence electrons. The number of carbonyl (C=O) groups excluding carboxylic acids is 2. The molecule has 0 saturated carbocycles. The molecule has 0 unspecified atom stereocenters. The van der Waals surface area contributed by atoms with E-state index in [1.165, 1.54) is 0 Å². The van der Waals surface area contributed by atoms with E-state index in [9.17, 15) is 71.1 Å². The van der Waals surface area contributed by atoms with Gasteiger partial charge in [-0.2, -0.15) is 0 Å². The summed E-state index contributed by atoms with van der Waals surface area (Å²) in [5.74, 6) is -13.1. The van der Waals surface area contributed by atoms with Crippen molar-refractivity contribution in [3.05, 3.63) is 95.1 Å². The Morgan fingerprint density at radius 1 is 0.286 bits per heavy atom. The predicted molar refractivity (Wildman–Crippen MR) is 269 cm³/mol. The van der Waals surface area contributed by atoms with Gasteiger partial charge in [-0.05, 0) is 72.8 Å². The number of aromatic carboxylic acids is 4. The van der Waals surface area contributed by atoms with Gasteiger partial charge < -0.3 is 188 Å². The third kappa shape index (κ3) is 53.0. The molecule has 84 heavy (non-hydrogen) atoms. The fraction of sp³-hybridized carbons (Fsp3) is 0. The van der Waals surface area contributed by atoms with Crippen molar-refractivity contribution in [2.45, 2.75) is 19.6 Å². The summed E-state index contributed by atoms with van der Waals surface area (Å²) in [5.41, 5.74) is -1.19. The molecule has 0 saturated heterocycles. The number of aliphatic carboxylic acids is 2. The number of carbonyl (C=O) groups is 6. The van der Waals surface area contributed by atoms with Crippen LogP contribution in [-0.2, 0) is 116 Å².